The average molecular weight is 458 g/mol. The van der Waals surface area contributed by atoms with Gasteiger partial charge in [-0.3, -0.25) is 19.7 Å². The number of rotatable bonds is 6. The second-order valence-corrected chi connectivity index (χ2v) is 8.82. The van der Waals surface area contributed by atoms with Gasteiger partial charge in [-0.1, -0.05) is 17.3 Å². The number of benzene rings is 1. The molecule has 2 aromatic heterocycles. The normalized spacial score (nSPS) is 19.9. The number of ether oxygens (including phenoxy) is 1. The first-order valence-electron chi connectivity index (χ1n) is 11.3. The van der Waals surface area contributed by atoms with Crippen LogP contribution >= 0.6 is 0 Å². The minimum absolute atomic E-state index is 0.200. The van der Waals surface area contributed by atoms with Crippen molar-refractivity contribution < 1.29 is 19.1 Å². The van der Waals surface area contributed by atoms with Gasteiger partial charge in [0.15, 0.2) is 5.82 Å². The highest BCUT2D eigenvalue weighted by Crippen LogP contribution is 2.31. The number of nitrogens with one attached hydrogen (secondary N) is 1. The highest BCUT2D eigenvalue weighted by Gasteiger charge is 2.39. The predicted molar refractivity (Wildman–Crippen MR) is 118 cm³/mol. The summed E-state index contributed by atoms with van der Waals surface area (Å²) in [6, 6.07) is 10.6. The number of piperidine rings is 1. The van der Waals surface area contributed by atoms with Crippen LogP contribution in [0.2, 0.25) is 0 Å². The summed E-state index contributed by atoms with van der Waals surface area (Å²) < 4.78 is 7.35. The Labute approximate surface area is 194 Å². The van der Waals surface area contributed by atoms with E-state index < -0.39 is 11.9 Å². The molecule has 2 fully saturated rings. The Morgan fingerprint density at radius 1 is 1.09 bits per heavy atom. The fourth-order valence-electron chi connectivity index (χ4n) is 4.35. The van der Waals surface area contributed by atoms with Crippen LogP contribution in [0.15, 0.2) is 42.6 Å². The molecular weight excluding hydrogens is 436 g/mol. The van der Waals surface area contributed by atoms with E-state index in [1.165, 1.54) is 4.90 Å². The van der Waals surface area contributed by atoms with Crippen molar-refractivity contribution in [2.75, 3.05) is 0 Å². The number of aromatic nitrogens is 4. The van der Waals surface area contributed by atoms with Crippen molar-refractivity contribution in [2.45, 2.75) is 51.0 Å². The van der Waals surface area contributed by atoms with Crippen LogP contribution < -0.4 is 5.32 Å². The van der Waals surface area contributed by atoms with Crippen LogP contribution in [0, 0.1) is 0 Å². The van der Waals surface area contributed by atoms with E-state index >= 15 is 0 Å². The van der Waals surface area contributed by atoms with Gasteiger partial charge in [0.2, 0.25) is 11.8 Å². The van der Waals surface area contributed by atoms with E-state index in [9.17, 15) is 14.4 Å². The number of imide groups is 1. The zero-order chi connectivity index (χ0) is 23.2. The summed E-state index contributed by atoms with van der Waals surface area (Å²) in [7, 11) is 0. The van der Waals surface area contributed by atoms with Crippen molar-refractivity contribution in [3.8, 4) is 17.1 Å². The van der Waals surface area contributed by atoms with Crippen molar-refractivity contribution in [2.24, 2.45) is 0 Å². The standard InChI is InChI=1S/C24H22N6O4/c31-22-9-8-20(23(32)26-22)29-11-15-10-14(4-7-18(15)24(29)33)19-12-30(28-27-19)21-3-1-2-16(25-21)13-34-17-5-6-17/h1-4,7,10,12,17,20H,5-6,8-9,11,13H2,(H,26,31,32)/t20-/m1/s1. The van der Waals surface area contributed by atoms with Crippen molar-refractivity contribution in [3.63, 3.8) is 0 Å². The minimum Gasteiger partial charge on any atom is -0.372 e. The topological polar surface area (TPSA) is 119 Å². The number of fused-ring (bicyclic) bond motifs is 1. The Morgan fingerprint density at radius 2 is 1.97 bits per heavy atom. The minimum atomic E-state index is -0.635. The molecule has 3 amide bonds. The molecule has 1 aliphatic carbocycles. The molecule has 4 heterocycles. The summed E-state index contributed by atoms with van der Waals surface area (Å²) in [6.07, 6.45) is 4.95. The van der Waals surface area contributed by atoms with Crippen molar-refractivity contribution >= 4 is 17.7 Å². The van der Waals surface area contributed by atoms with Crippen LogP contribution in [-0.2, 0) is 27.5 Å². The van der Waals surface area contributed by atoms with Gasteiger partial charge in [0, 0.05) is 24.1 Å². The fraction of sp³-hybridized carbons (Fsp3) is 0.333. The van der Waals surface area contributed by atoms with Crippen LogP contribution in [0.4, 0.5) is 0 Å². The second kappa shape index (κ2) is 8.14. The largest absolute Gasteiger partial charge is 0.372 e. The van der Waals surface area contributed by atoms with Gasteiger partial charge in [0.25, 0.3) is 5.91 Å². The van der Waals surface area contributed by atoms with Gasteiger partial charge in [-0.25, -0.2) is 9.67 Å². The monoisotopic (exact) mass is 458 g/mol. The molecule has 3 aliphatic rings. The molecule has 10 heteroatoms. The predicted octanol–water partition coefficient (Wildman–Crippen LogP) is 1.77. The molecule has 0 spiro atoms. The first-order chi connectivity index (χ1) is 16.5. The number of carbonyl (C=O) groups excluding carboxylic acids is 3. The molecule has 6 rings (SSSR count). The first kappa shape index (κ1) is 20.7. The molecule has 1 atom stereocenters. The van der Waals surface area contributed by atoms with E-state index in [2.05, 4.69) is 20.6 Å². The Bertz CT molecular complexity index is 1310. The van der Waals surface area contributed by atoms with E-state index in [-0.39, 0.29) is 18.2 Å². The number of carbonyl (C=O) groups is 3. The molecule has 10 nitrogen and oxygen atoms in total. The fourth-order valence-corrected chi connectivity index (χ4v) is 4.35. The molecule has 3 aromatic rings. The Kier molecular flexibility index (Phi) is 4.95. The van der Waals surface area contributed by atoms with Gasteiger partial charge in [0.1, 0.15) is 11.7 Å². The summed E-state index contributed by atoms with van der Waals surface area (Å²) in [4.78, 5) is 42.8. The van der Waals surface area contributed by atoms with Gasteiger partial charge >= 0.3 is 0 Å². The van der Waals surface area contributed by atoms with Gasteiger partial charge in [0.05, 0.1) is 24.6 Å². The maximum Gasteiger partial charge on any atom is 0.255 e. The van der Waals surface area contributed by atoms with Crippen LogP contribution in [0.25, 0.3) is 17.1 Å². The number of amides is 3. The third-order valence-corrected chi connectivity index (χ3v) is 6.33. The Morgan fingerprint density at radius 3 is 2.79 bits per heavy atom. The Balaban J connectivity index is 1.21. The van der Waals surface area contributed by atoms with E-state index in [0.717, 1.165) is 29.7 Å². The van der Waals surface area contributed by atoms with Crippen LogP contribution in [0.5, 0.6) is 0 Å². The van der Waals surface area contributed by atoms with E-state index in [1.54, 1.807) is 16.9 Å². The third-order valence-electron chi connectivity index (χ3n) is 6.33. The van der Waals surface area contributed by atoms with Crippen LogP contribution in [0.1, 0.15) is 47.3 Å². The molecular formula is C24H22N6O4. The quantitative estimate of drug-likeness (QED) is 0.559. The van der Waals surface area contributed by atoms with Crippen LogP contribution in [-0.4, -0.2) is 54.7 Å². The smallest absolute Gasteiger partial charge is 0.255 e. The van der Waals surface area contributed by atoms with Gasteiger partial charge in [-0.2, -0.15) is 0 Å². The summed E-state index contributed by atoms with van der Waals surface area (Å²) >= 11 is 0. The van der Waals surface area contributed by atoms with Crippen molar-refractivity contribution in [3.05, 3.63) is 59.4 Å². The van der Waals surface area contributed by atoms with E-state index in [1.807, 2.05) is 30.3 Å². The van der Waals surface area contributed by atoms with Gasteiger partial charge in [-0.05, 0) is 49.1 Å². The molecule has 172 valence electrons. The molecule has 34 heavy (non-hydrogen) atoms. The molecule has 1 saturated carbocycles. The van der Waals surface area contributed by atoms with Crippen molar-refractivity contribution in [1.82, 2.24) is 30.2 Å². The zero-order valence-corrected chi connectivity index (χ0v) is 18.3. The SMILES string of the molecule is O=C1CC[C@@H](N2Cc3cc(-c4cn(-c5cccc(COC6CC6)n5)nn4)ccc3C2=O)C(=O)N1. The molecule has 0 radical (unpaired) electrons. The number of hydrogen-bond donors (Lipinski definition) is 1. The number of nitrogens with zero attached hydrogens (tertiary/aromatic N) is 5. The lowest BCUT2D eigenvalue weighted by Crippen LogP contribution is -2.52. The van der Waals surface area contributed by atoms with E-state index in [4.69, 9.17) is 4.74 Å². The number of pyridine rings is 1. The third kappa shape index (κ3) is 3.86. The summed E-state index contributed by atoms with van der Waals surface area (Å²) in [5.41, 5.74) is 3.68. The molecule has 1 N–H and O–H groups in total. The highest BCUT2D eigenvalue weighted by atomic mass is 16.5. The highest BCUT2D eigenvalue weighted by molar-refractivity contribution is 6.05. The summed E-state index contributed by atoms with van der Waals surface area (Å²) in [6.45, 7) is 0.787. The lowest BCUT2D eigenvalue weighted by molar-refractivity contribution is -0.136. The molecule has 0 bridgehead atoms. The molecule has 1 aromatic carbocycles. The maximum atomic E-state index is 12.9. The lowest BCUT2D eigenvalue weighted by Gasteiger charge is -2.29. The summed E-state index contributed by atoms with van der Waals surface area (Å²) in [5, 5.41) is 10.8. The van der Waals surface area contributed by atoms with E-state index in [0.29, 0.717) is 42.8 Å². The summed E-state index contributed by atoms with van der Waals surface area (Å²) in [5.74, 6) is -0.269. The average Bonchev–Trinajstić information content (AvgIpc) is 3.44. The first-order valence-corrected chi connectivity index (χ1v) is 11.3. The molecule has 2 aliphatic heterocycles. The van der Waals surface area contributed by atoms with Crippen LogP contribution in [0.3, 0.4) is 0 Å². The van der Waals surface area contributed by atoms with Gasteiger partial charge in [-0.15, -0.1) is 5.10 Å². The zero-order valence-electron chi connectivity index (χ0n) is 18.3. The Hall–Kier alpha value is -3.92. The second-order valence-electron chi connectivity index (χ2n) is 8.82. The lowest BCUT2D eigenvalue weighted by atomic mass is 10.0. The number of hydrogen-bond acceptors (Lipinski definition) is 7. The molecule has 0 unspecified atom stereocenters. The maximum absolute atomic E-state index is 12.9. The molecule has 1 saturated heterocycles. The van der Waals surface area contributed by atoms with Crippen molar-refractivity contribution in [1.29, 1.82) is 0 Å². The van der Waals surface area contributed by atoms with Gasteiger partial charge < -0.3 is 9.64 Å².